The highest BCUT2D eigenvalue weighted by molar-refractivity contribution is 5.92. The SMILES string of the molecule is CCN1CCC2(OC23CCCCC3)C1=O. The number of rotatable bonds is 1. The summed E-state index contributed by atoms with van der Waals surface area (Å²) in [5.41, 5.74) is -0.407. The zero-order chi connectivity index (χ0) is 10.5. The zero-order valence-electron chi connectivity index (χ0n) is 9.42. The van der Waals surface area contributed by atoms with E-state index in [9.17, 15) is 4.79 Å². The van der Waals surface area contributed by atoms with E-state index in [4.69, 9.17) is 4.74 Å². The molecule has 2 aliphatic heterocycles. The van der Waals surface area contributed by atoms with E-state index in [-0.39, 0.29) is 17.1 Å². The first-order chi connectivity index (χ1) is 7.24. The number of carbonyl (C=O) groups excluding carboxylic acids is 1. The van der Waals surface area contributed by atoms with Crippen LogP contribution in [0.25, 0.3) is 0 Å². The van der Waals surface area contributed by atoms with Gasteiger partial charge in [0.15, 0.2) is 5.60 Å². The van der Waals surface area contributed by atoms with Crippen LogP contribution in [0.15, 0.2) is 0 Å². The fourth-order valence-electron chi connectivity index (χ4n) is 3.51. The summed E-state index contributed by atoms with van der Waals surface area (Å²) in [6, 6.07) is 0. The van der Waals surface area contributed by atoms with Crippen LogP contribution >= 0.6 is 0 Å². The van der Waals surface area contributed by atoms with Crippen molar-refractivity contribution in [2.75, 3.05) is 13.1 Å². The molecule has 1 amide bonds. The Labute approximate surface area is 90.8 Å². The summed E-state index contributed by atoms with van der Waals surface area (Å²) >= 11 is 0. The Bertz CT molecular complexity index is 296. The minimum Gasteiger partial charge on any atom is -0.352 e. The third-order valence-electron chi connectivity index (χ3n) is 4.47. The largest absolute Gasteiger partial charge is 0.352 e. The molecule has 84 valence electrons. The van der Waals surface area contributed by atoms with Gasteiger partial charge in [-0.3, -0.25) is 4.79 Å². The van der Waals surface area contributed by atoms with Crippen molar-refractivity contribution < 1.29 is 9.53 Å². The van der Waals surface area contributed by atoms with Crippen LogP contribution in [-0.4, -0.2) is 35.1 Å². The predicted molar refractivity (Wildman–Crippen MR) is 56.5 cm³/mol. The molecule has 2 saturated heterocycles. The van der Waals surface area contributed by atoms with Gasteiger partial charge in [-0.25, -0.2) is 0 Å². The van der Waals surface area contributed by atoms with Crippen molar-refractivity contribution in [3.05, 3.63) is 0 Å². The monoisotopic (exact) mass is 209 g/mol. The van der Waals surface area contributed by atoms with Crippen LogP contribution in [0, 0.1) is 0 Å². The van der Waals surface area contributed by atoms with Gasteiger partial charge in [0.05, 0.1) is 0 Å². The van der Waals surface area contributed by atoms with Gasteiger partial charge in [-0.05, 0) is 19.8 Å². The number of likely N-dealkylation sites (N-methyl/N-ethyl adjacent to an activating group) is 1. The topological polar surface area (TPSA) is 32.8 Å². The van der Waals surface area contributed by atoms with E-state index in [0.29, 0.717) is 0 Å². The molecule has 0 N–H and O–H groups in total. The van der Waals surface area contributed by atoms with Crippen LogP contribution in [0.4, 0.5) is 0 Å². The Kier molecular flexibility index (Phi) is 1.91. The Hall–Kier alpha value is -0.570. The van der Waals surface area contributed by atoms with Gasteiger partial charge in [0.2, 0.25) is 0 Å². The molecule has 1 aliphatic carbocycles. The maximum atomic E-state index is 12.2. The second-order valence-corrected chi connectivity index (χ2v) is 5.12. The number of ether oxygens (including phenoxy) is 1. The van der Waals surface area contributed by atoms with Crippen LogP contribution in [0.2, 0.25) is 0 Å². The number of amides is 1. The van der Waals surface area contributed by atoms with Crippen molar-refractivity contribution in [1.82, 2.24) is 4.90 Å². The molecule has 2 heterocycles. The molecule has 1 unspecified atom stereocenters. The number of hydrogen-bond donors (Lipinski definition) is 0. The molecule has 3 heteroatoms. The maximum Gasteiger partial charge on any atom is 0.257 e. The Morgan fingerprint density at radius 2 is 2.00 bits per heavy atom. The lowest BCUT2D eigenvalue weighted by Gasteiger charge is -2.20. The zero-order valence-corrected chi connectivity index (χ0v) is 9.42. The molecule has 3 aliphatic rings. The molecule has 0 radical (unpaired) electrons. The van der Waals surface area contributed by atoms with Crippen LogP contribution in [0.3, 0.4) is 0 Å². The lowest BCUT2D eigenvalue weighted by molar-refractivity contribution is -0.131. The lowest BCUT2D eigenvalue weighted by Crippen LogP contribution is -2.37. The van der Waals surface area contributed by atoms with E-state index < -0.39 is 0 Å². The van der Waals surface area contributed by atoms with Gasteiger partial charge >= 0.3 is 0 Å². The molecule has 2 spiro atoms. The molecule has 0 aromatic heterocycles. The van der Waals surface area contributed by atoms with Gasteiger partial charge in [0.25, 0.3) is 5.91 Å². The third-order valence-corrected chi connectivity index (χ3v) is 4.47. The summed E-state index contributed by atoms with van der Waals surface area (Å²) in [4.78, 5) is 14.1. The summed E-state index contributed by atoms with van der Waals surface area (Å²) in [6.07, 6.45) is 6.93. The van der Waals surface area contributed by atoms with Crippen molar-refractivity contribution >= 4 is 5.91 Å². The normalized spacial score (nSPS) is 37.9. The fraction of sp³-hybridized carbons (Fsp3) is 0.917. The van der Waals surface area contributed by atoms with Gasteiger partial charge in [-0.15, -0.1) is 0 Å². The van der Waals surface area contributed by atoms with Crippen molar-refractivity contribution in [2.45, 2.75) is 56.7 Å². The van der Waals surface area contributed by atoms with Gasteiger partial charge in [-0.2, -0.15) is 0 Å². The predicted octanol–water partition coefficient (Wildman–Crippen LogP) is 1.71. The maximum absolute atomic E-state index is 12.2. The fourth-order valence-corrected chi connectivity index (χ4v) is 3.51. The number of hydrogen-bond acceptors (Lipinski definition) is 2. The summed E-state index contributed by atoms with van der Waals surface area (Å²) in [7, 11) is 0. The van der Waals surface area contributed by atoms with Crippen LogP contribution in [-0.2, 0) is 9.53 Å². The Balaban J connectivity index is 1.81. The molecule has 1 saturated carbocycles. The highest BCUT2D eigenvalue weighted by atomic mass is 16.6. The molecule has 0 aromatic carbocycles. The second kappa shape index (κ2) is 2.97. The van der Waals surface area contributed by atoms with Gasteiger partial charge in [0, 0.05) is 19.5 Å². The first kappa shape index (κ1) is 9.64. The summed E-state index contributed by atoms with van der Waals surface area (Å²) in [5, 5.41) is 0. The third kappa shape index (κ3) is 1.07. The molecular weight excluding hydrogens is 190 g/mol. The molecule has 3 rings (SSSR count). The van der Waals surface area contributed by atoms with Crippen molar-refractivity contribution in [2.24, 2.45) is 0 Å². The molecule has 1 atom stereocenters. The number of likely N-dealkylation sites (tertiary alicyclic amines) is 1. The van der Waals surface area contributed by atoms with Gasteiger partial charge < -0.3 is 9.64 Å². The van der Waals surface area contributed by atoms with E-state index in [1.165, 1.54) is 19.3 Å². The van der Waals surface area contributed by atoms with Crippen molar-refractivity contribution in [1.29, 1.82) is 0 Å². The summed E-state index contributed by atoms with van der Waals surface area (Å²) < 4.78 is 5.95. The van der Waals surface area contributed by atoms with E-state index >= 15 is 0 Å². The first-order valence-corrected chi connectivity index (χ1v) is 6.24. The van der Waals surface area contributed by atoms with E-state index in [2.05, 4.69) is 0 Å². The van der Waals surface area contributed by atoms with Gasteiger partial charge in [-0.1, -0.05) is 19.3 Å². The molecular formula is C12H19NO2. The molecule has 3 nitrogen and oxygen atoms in total. The molecule has 0 aromatic rings. The van der Waals surface area contributed by atoms with Crippen LogP contribution in [0.1, 0.15) is 45.4 Å². The minimum atomic E-state index is -0.372. The Morgan fingerprint density at radius 1 is 1.27 bits per heavy atom. The van der Waals surface area contributed by atoms with Crippen LogP contribution < -0.4 is 0 Å². The van der Waals surface area contributed by atoms with Crippen LogP contribution in [0.5, 0.6) is 0 Å². The Morgan fingerprint density at radius 3 is 2.60 bits per heavy atom. The number of fused-ring (bicyclic) bond motifs is 1. The van der Waals surface area contributed by atoms with E-state index in [1.54, 1.807) is 0 Å². The molecule has 3 fully saturated rings. The van der Waals surface area contributed by atoms with E-state index in [1.807, 2.05) is 11.8 Å². The number of carbonyl (C=O) groups is 1. The highest BCUT2D eigenvalue weighted by Crippen LogP contribution is 2.60. The molecule has 15 heavy (non-hydrogen) atoms. The summed E-state index contributed by atoms with van der Waals surface area (Å²) in [5.74, 6) is 0.270. The molecule has 0 bridgehead atoms. The quantitative estimate of drug-likeness (QED) is 0.616. The average molecular weight is 209 g/mol. The van der Waals surface area contributed by atoms with Gasteiger partial charge in [0.1, 0.15) is 5.60 Å². The van der Waals surface area contributed by atoms with E-state index in [0.717, 1.165) is 32.4 Å². The summed E-state index contributed by atoms with van der Waals surface area (Å²) in [6.45, 7) is 3.78. The lowest BCUT2D eigenvalue weighted by atomic mass is 9.79. The second-order valence-electron chi connectivity index (χ2n) is 5.12. The van der Waals surface area contributed by atoms with Crippen molar-refractivity contribution in [3.63, 3.8) is 0 Å². The smallest absolute Gasteiger partial charge is 0.257 e. The average Bonchev–Trinajstić information content (AvgIpc) is 2.75. The van der Waals surface area contributed by atoms with Crippen molar-refractivity contribution in [3.8, 4) is 0 Å². The standard InChI is InChI=1S/C12H19NO2/c1-2-13-9-8-12(10(13)14)11(15-12)6-4-3-5-7-11/h2-9H2,1H3. The number of nitrogens with zero attached hydrogens (tertiary/aromatic N) is 1. The highest BCUT2D eigenvalue weighted by Gasteiger charge is 2.76. The first-order valence-electron chi connectivity index (χ1n) is 6.24. The number of epoxide rings is 1. The minimum absolute atomic E-state index is 0.0355.